The van der Waals surface area contributed by atoms with E-state index in [0.717, 1.165) is 5.82 Å². The van der Waals surface area contributed by atoms with E-state index in [1.54, 1.807) is 7.11 Å². The van der Waals surface area contributed by atoms with E-state index >= 15 is 0 Å². The van der Waals surface area contributed by atoms with E-state index < -0.39 is 0 Å². The van der Waals surface area contributed by atoms with Crippen molar-refractivity contribution in [2.24, 2.45) is 0 Å². The number of halogens is 1. The molecular weight excluding hydrogens is 226 g/mol. The van der Waals surface area contributed by atoms with Gasteiger partial charge in [-0.05, 0) is 25.4 Å². The molecule has 0 aliphatic heterocycles. The van der Waals surface area contributed by atoms with Crippen LogP contribution in [0.25, 0.3) is 0 Å². The summed E-state index contributed by atoms with van der Waals surface area (Å²) >= 11 is 6.11. The van der Waals surface area contributed by atoms with Gasteiger partial charge in [-0.15, -0.1) is 10.2 Å². The first-order valence-corrected chi connectivity index (χ1v) is 5.69. The largest absolute Gasteiger partial charge is 0.382 e. The number of hydrogen-bond acceptors (Lipinski definition) is 3. The molecule has 92 valence electrons. The summed E-state index contributed by atoms with van der Waals surface area (Å²) in [7, 11) is 1.68. The lowest BCUT2D eigenvalue weighted by molar-refractivity contribution is 0.105. The van der Waals surface area contributed by atoms with E-state index in [0.29, 0.717) is 11.9 Å². The highest BCUT2D eigenvalue weighted by molar-refractivity contribution is 6.28. The van der Waals surface area contributed by atoms with Crippen LogP contribution in [0.3, 0.4) is 0 Å². The lowest BCUT2D eigenvalue weighted by Gasteiger charge is -2.31. The monoisotopic (exact) mass is 245 g/mol. The molecule has 0 saturated heterocycles. The molecule has 0 aliphatic carbocycles. The third kappa shape index (κ3) is 2.55. The maximum Gasteiger partial charge on any atom is 0.225 e. The average Bonchev–Trinajstić information content (AvgIpc) is 2.46. The molecule has 1 aromatic heterocycles. The summed E-state index contributed by atoms with van der Waals surface area (Å²) in [5.74, 6) is 0.875. The number of hydrogen-bond donors (Lipinski definition) is 0. The zero-order chi connectivity index (χ0) is 12.6. The van der Waals surface area contributed by atoms with Gasteiger partial charge in [0.05, 0.1) is 12.1 Å². The summed E-state index contributed by atoms with van der Waals surface area (Å²) in [6, 6.07) is 0. The minimum absolute atomic E-state index is 0.0921. The van der Waals surface area contributed by atoms with Gasteiger partial charge in [-0.25, -0.2) is 0 Å². The van der Waals surface area contributed by atoms with Crippen molar-refractivity contribution < 1.29 is 4.74 Å². The molecule has 0 N–H and O–H groups in total. The molecule has 16 heavy (non-hydrogen) atoms. The molecule has 0 unspecified atom stereocenters. The second kappa shape index (κ2) is 4.34. The number of nitrogens with zero attached hydrogens (tertiary/aromatic N) is 3. The third-order valence-corrected chi connectivity index (χ3v) is 2.64. The van der Waals surface area contributed by atoms with Crippen LogP contribution in [0.4, 0.5) is 0 Å². The Kier molecular flexibility index (Phi) is 3.65. The molecule has 5 heteroatoms. The van der Waals surface area contributed by atoms with Gasteiger partial charge in [0.1, 0.15) is 5.82 Å². The predicted molar refractivity (Wildman–Crippen MR) is 64.9 cm³/mol. The zero-order valence-electron chi connectivity index (χ0n) is 10.8. The highest BCUT2D eigenvalue weighted by Gasteiger charge is 2.32. The SMILES string of the molecule is COCC(C)(C)n1c(Cl)nnc1C(C)(C)C. The second-order valence-corrected chi connectivity index (χ2v) is 5.96. The summed E-state index contributed by atoms with van der Waals surface area (Å²) in [5.41, 5.74) is -0.344. The van der Waals surface area contributed by atoms with Crippen molar-refractivity contribution in [1.82, 2.24) is 14.8 Å². The Labute approximate surface area is 102 Å². The van der Waals surface area contributed by atoms with E-state index in [-0.39, 0.29) is 11.0 Å². The molecule has 0 bridgehead atoms. The highest BCUT2D eigenvalue weighted by atomic mass is 35.5. The van der Waals surface area contributed by atoms with Crippen molar-refractivity contribution in [2.75, 3.05) is 13.7 Å². The minimum atomic E-state index is -0.252. The maximum absolute atomic E-state index is 6.11. The normalized spacial score (nSPS) is 13.2. The Morgan fingerprint density at radius 2 is 1.75 bits per heavy atom. The Morgan fingerprint density at radius 3 is 2.19 bits per heavy atom. The molecule has 4 nitrogen and oxygen atoms in total. The second-order valence-electron chi connectivity index (χ2n) is 5.62. The van der Waals surface area contributed by atoms with E-state index in [1.165, 1.54) is 0 Å². The summed E-state index contributed by atoms with van der Waals surface area (Å²) in [5, 5.41) is 8.52. The van der Waals surface area contributed by atoms with Crippen LogP contribution >= 0.6 is 11.6 Å². The fraction of sp³-hybridized carbons (Fsp3) is 0.818. The van der Waals surface area contributed by atoms with Gasteiger partial charge in [0.15, 0.2) is 0 Å². The smallest absolute Gasteiger partial charge is 0.225 e. The van der Waals surface area contributed by atoms with Crippen LogP contribution in [0.1, 0.15) is 40.4 Å². The first-order chi connectivity index (χ1) is 7.20. The molecule has 1 rings (SSSR count). The van der Waals surface area contributed by atoms with Crippen LogP contribution in [0.5, 0.6) is 0 Å². The molecule has 0 aromatic carbocycles. The molecule has 0 radical (unpaired) electrons. The van der Waals surface area contributed by atoms with Crippen LogP contribution < -0.4 is 0 Å². The molecule has 0 fully saturated rings. The quantitative estimate of drug-likeness (QED) is 0.822. The summed E-state index contributed by atoms with van der Waals surface area (Å²) in [4.78, 5) is 0. The van der Waals surface area contributed by atoms with Crippen molar-refractivity contribution in [3.63, 3.8) is 0 Å². The van der Waals surface area contributed by atoms with Gasteiger partial charge in [0.25, 0.3) is 0 Å². The zero-order valence-corrected chi connectivity index (χ0v) is 11.6. The van der Waals surface area contributed by atoms with Crippen LogP contribution in [0.15, 0.2) is 0 Å². The first kappa shape index (κ1) is 13.5. The molecule has 0 aliphatic rings. The van der Waals surface area contributed by atoms with Gasteiger partial charge in [-0.1, -0.05) is 20.8 Å². The first-order valence-electron chi connectivity index (χ1n) is 5.31. The highest BCUT2D eigenvalue weighted by Crippen LogP contribution is 2.29. The number of aromatic nitrogens is 3. The van der Waals surface area contributed by atoms with Crippen LogP contribution in [-0.4, -0.2) is 28.5 Å². The van der Waals surface area contributed by atoms with Crippen molar-refractivity contribution >= 4 is 11.6 Å². The minimum Gasteiger partial charge on any atom is -0.382 e. The molecular formula is C11H20ClN3O. The summed E-state index contributed by atoms with van der Waals surface area (Å²) in [6.45, 7) is 10.9. The van der Waals surface area contributed by atoms with E-state index in [9.17, 15) is 0 Å². The number of methoxy groups -OCH3 is 1. The Balaban J connectivity index is 3.27. The fourth-order valence-electron chi connectivity index (χ4n) is 1.71. The molecule has 0 spiro atoms. The van der Waals surface area contributed by atoms with Gasteiger partial charge in [-0.2, -0.15) is 0 Å². The molecule has 0 atom stereocenters. The topological polar surface area (TPSA) is 39.9 Å². The van der Waals surface area contributed by atoms with Crippen LogP contribution in [0, 0.1) is 0 Å². The van der Waals surface area contributed by atoms with Gasteiger partial charge in [0, 0.05) is 12.5 Å². The third-order valence-electron chi connectivity index (χ3n) is 2.40. The van der Waals surface area contributed by atoms with E-state index in [1.807, 2.05) is 4.57 Å². The fourth-order valence-corrected chi connectivity index (χ4v) is 2.05. The molecule has 0 saturated carbocycles. The van der Waals surface area contributed by atoms with Gasteiger partial charge < -0.3 is 4.74 Å². The van der Waals surface area contributed by atoms with E-state index in [4.69, 9.17) is 16.3 Å². The van der Waals surface area contributed by atoms with Gasteiger partial charge >= 0.3 is 0 Å². The lowest BCUT2D eigenvalue weighted by atomic mass is 9.94. The molecule has 0 amide bonds. The average molecular weight is 246 g/mol. The maximum atomic E-state index is 6.11. The van der Waals surface area contributed by atoms with Crippen molar-refractivity contribution in [3.05, 3.63) is 11.1 Å². The predicted octanol–water partition coefficient (Wildman–Crippen LogP) is 2.61. The Morgan fingerprint density at radius 1 is 1.19 bits per heavy atom. The van der Waals surface area contributed by atoms with Crippen molar-refractivity contribution in [2.45, 2.75) is 45.6 Å². The van der Waals surface area contributed by atoms with Gasteiger partial charge in [-0.3, -0.25) is 4.57 Å². The van der Waals surface area contributed by atoms with Crippen molar-refractivity contribution in [3.8, 4) is 0 Å². The Bertz CT molecular complexity index is 366. The Hall–Kier alpha value is -0.610. The van der Waals surface area contributed by atoms with Crippen LogP contribution in [-0.2, 0) is 15.7 Å². The van der Waals surface area contributed by atoms with Crippen LogP contribution in [0.2, 0.25) is 5.28 Å². The van der Waals surface area contributed by atoms with E-state index in [2.05, 4.69) is 44.8 Å². The standard InChI is InChI=1S/C11H20ClN3O/c1-10(2,3)8-13-14-9(12)15(8)11(4,5)7-16-6/h7H2,1-6H3. The summed E-state index contributed by atoms with van der Waals surface area (Å²) < 4.78 is 7.16. The molecule has 1 heterocycles. The van der Waals surface area contributed by atoms with Gasteiger partial charge in [0.2, 0.25) is 5.28 Å². The summed E-state index contributed by atoms with van der Waals surface area (Å²) in [6.07, 6.45) is 0. The molecule has 1 aromatic rings. The number of rotatable bonds is 3. The number of ether oxygens (including phenoxy) is 1. The van der Waals surface area contributed by atoms with Crippen molar-refractivity contribution in [1.29, 1.82) is 0 Å². The lowest BCUT2D eigenvalue weighted by Crippen LogP contribution is -2.36.